The number of unbranched alkanes of at least 4 members (excludes halogenated alkanes) is 9. The maximum Gasteiger partial charge on any atom is 0.196 e. The maximum atomic E-state index is 12.5. The van der Waals surface area contributed by atoms with Crippen molar-refractivity contribution in [3.05, 3.63) is 59.2 Å². The molecule has 0 aliphatic rings. The third kappa shape index (κ3) is 8.31. The number of ether oxygens (including phenoxy) is 1. The Morgan fingerprint density at radius 2 is 1.41 bits per heavy atom. The quantitative estimate of drug-likeness (QED) is 0.270. The lowest BCUT2D eigenvalue weighted by atomic mass is 10.0. The first-order valence-corrected chi connectivity index (χ1v) is 11.2. The summed E-state index contributed by atoms with van der Waals surface area (Å²) in [6.07, 6.45) is 13.1. The fourth-order valence-electron chi connectivity index (χ4n) is 3.47. The summed E-state index contributed by atoms with van der Waals surface area (Å²) < 4.78 is 5.80. The molecule has 1 N–H and O–H groups in total. The molecule has 158 valence electrons. The molecule has 0 saturated heterocycles. The van der Waals surface area contributed by atoms with Crippen molar-refractivity contribution in [1.29, 1.82) is 0 Å². The normalized spacial score (nSPS) is 10.8. The van der Waals surface area contributed by atoms with Crippen LogP contribution in [0, 0.1) is 6.92 Å². The van der Waals surface area contributed by atoms with E-state index in [-0.39, 0.29) is 11.5 Å². The van der Waals surface area contributed by atoms with Crippen LogP contribution in [0.25, 0.3) is 0 Å². The van der Waals surface area contributed by atoms with Gasteiger partial charge in [0, 0.05) is 5.56 Å². The van der Waals surface area contributed by atoms with Gasteiger partial charge in [0.2, 0.25) is 0 Å². The number of phenolic OH excluding ortho intramolecular Hbond substituents is 1. The van der Waals surface area contributed by atoms with Crippen LogP contribution in [0.4, 0.5) is 0 Å². The lowest BCUT2D eigenvalue weighted by Crippen LogP contribution is -2.02. The Hall–Kier alpha value is -2.29. The van der Waals surface area contributed by atoms with Crippen LogP contribution in [-0.2, 0) is 0 Å². The number of carbonyl (C=O) groups is 1. The number of carbonyl (C=O) groups excluding carboxylic acids is 1. The Morgan fingerprint density at radius 1 is 0.828 bits per heavy atom. The van der Waals surface area contributed by atoms with Crippen LogP contribution in [-0.4, -0.2) is 17.5 Å². The summed E-state index contributed by atoms with van der Waals surface area (Å²) >= 11 is 0. The molecule has 2 rings (SSSR count). The molecular formula is C26H36O3. The molecule has 0 fully saturated rings. The molecule has 29 heavy (non-hydrogen) atoms. The lowest BCUT2D eigenvalue weighted by molar-refractivity contribution is 0.103. The summed E-state index contributed by atoms with van der Waals surface area (Å²) in [6.45, 7) is 4.85. The van der Waals surface area contributed by atoms with E-state index in [0.717, 1.165) is 17.7 Å². The third-order valence-electron chi connectivity index (χ3n) is 5.28. The summed E-state index contributed by atoms with van der Waals surface area (Å²) in [5.74, 6) is 0.630. The zero-order chi connectivity index (χ0) is 20.9. The van der Waals surface area contributed by atoms with Crippen LogP contribution >= 0.6 is 0 Å². The number of aromatic hydroxyl groups is 1. The molecule has 3 heteroatoms. The summed E-state index contributed by atoms with van der Waals surface area (Å²) in [5, 5.41) is 10.0. The van der Waals surface area contributed by atoms with Crippen LogP contribution in [0.2, 0.25) is 0 Å². The second kappa shape index (κ2) is 13.0. The summed E-state index contributed by atoms with van der Waals surface area (Å²) in [5.41, 5.74) is 1.81. The van der Waals surface area contributed by atoms with Crippen molar-refractivity contribution in [2.24, 2.45) is 0 Å². The lowest BCUT2D eigenvalue weighted by Gasteiger charge is -2.08. The standard InChI is InChI=1S/C26H36O3/c1-3-4-5-6-7-8-9-10-11-12-19-29-23-16-14-22(15-17-23)26(28)24-18-13-21(2)20-25(24)27/h13-18,20,27H,3-12,19H2,1-2H3. The van der Waals surface area contributed by atoms with Gasteiger partial charge in [-0.3, -0.25) is 4.79 Å². The first-order valence-electron chi connectivity index (χ1n) is 11.2. The van der Waals surface area contributed by atoms with Gasteiger partial charge >= 0.3 is 0 Å². The smallest absolute Gasteiger partial charge is 0.196 e. The van der Waals surface area contributed by atoms with Crippen molar-refractivity contribution in [3.8, 4) is 11.5 Å². The van der Waals surface area contributed by atoms with Gasteiger partial charge in [0.05, 0.1) is 12.2 Å². The average molecular weight is 397 g/mol. The Morgan fingerprint density at radius 3 is 2.00 bits per heavy atom. The number of hydrogen-bond donors (Lipinski definition) is 1. The van der Waals surface area contributed by atoms with E-state index < -0.39 is 0 Å². The minimum atomic E-state index is -0.177. The summed E-state index contributed by atoms with van der Waals surface area (Å²) in [7, 11) is 0. The fraction of sp³-hybridized carbons (Fsp3) is 0.500. The van der Waals surface area contributed by atoms with Gasteiger partial charge in [-0.25, -0.2) is 0 Å². The molecule has 2 aromatic carbocycles. The zero-order valence-corrected chi connectivity index (χ0v) is 18.1. The van der Waals surface area contributed by atoms with Crippen molar-refractivity contribution < 1.29 is 14.6 Å². The molecule has 0 unspecified atom stereocenters. The van der Waals surface area contributed by atoms with E-state index in [4.69, 9.17) is 4.74 Å². The van der Waals surface area contributed by atoms with Crippen LogP contribution < -0.4 is 4.74 Å². The first-order chi connectivity index (χ1) is 14.1. The monoisotopic (exact) mass is 396 g/mol. The number of hydrogen-bond acceptors (Lipinski definition) is 3. The number of benzene rings is 2. The van der Waals surface area contributed by atoms with Gasteiger partial charge in [-0.15, -0.1) is 0 Å². The molecule has 0 radical (unpaired) electrons. The van der Waals surface area contributed by atoms with Gasteiger partial charge in [0.25, 0.3) is 0 Å². The van der Waals surface area contributed by atoms with Crippen molar-refractivity contribution in [2.75, 3.05) is 6.61 Å². The fourth-order valence-corrected chi connectivity index (χ4v) is 3.47. The van der Waals surface area contributed by atoms with E-state index in [2.05, 4.69) is 6.92 Å². The van der Waals surface area contributed by atoms with E-state index in [0.29, 0.717) is 17.7 Å². The third-order valence-corrected chi connectivity index (χ3v) is 5.28. The Kier molecular flexibility index (Phi) is 10.3. The summed E-state index contributed by atoms with van der Waals surface area (Å²) in [6, 6.07) is 12.3. The first kappa shape index (κ1) is 23.0. The Balaban J connectivity index is 1.63. The van der Waals surface area contributed by atoms with Gasteiger partial charge in [-0.2, -0.15) is 0 Å². The SMILES string of the molecule is CCCCCCCCCCCCOc1ccc(C(=O)c2ccc(C)cc2O)cc1. The molecule has 0 heterocycles. The van der Waals surface area contributed by atoms with Gasteiger partial charge in [-0.05, 0) is 55.3 Å². The molecule has 3 nitrogen and oxygen atoms in total. The number of aryl methyl sites for hydroxylation is 1. The predicted octanol–water partition coefficient (Wildman–Crippen LogP) is 7.23. The molecule has 0 aliphatic carbocycles. The van der Waals surface area contributed by atoms with Crippen molar-refractivity contribution >= 4 is 5.78 Å². The molecule has 0 saturated carbocycles. The van der Waals surface area contributed by atoms with Crippen LogP contribution in [0.5, 0.6) is 11.5 Å². The van der Waals surface area contributed by atoms with E-state index in [1.807, 2.05) is 25.1 Å². The molecule has 0 bridgehead atoms. The topological polar surface area (TPSA) is 46.5 Å². The molecular weight excluding hydrogens is 360 g/mol. The maximum absolute atomic E-state index is 12.5. The van der Waals surface area contributed by atoms with E-state index in [1.165, 1.54) is 57.8 Å². The van der Waals surface area contributed by atoms with Crippen LogP contribution in [0.3, 0.4) is 0 Å². The number of ketones is 1. The molecule has 0 aliphatic heterocycles. The van der Waals surface area contributed by atoms with Crippen LogP contribution in [0.1, 0.15) is 92.6 Å². The highest BCUT2D eigenvalue weighted by molar-refractivity contribution is 6.10. The number of phenols is 1. The average Bonchev–Trinajstić information content (AvgIpc) is 2.72. The van der Waals surface area contributed by atoms with E-state index in [9.17, 15) is 9.90 Å². The molecule has 2 aromatic rings. The van der Waals surface area contributed by atoms with Crippen molar-refractivity contribution in [2.45, 2.75) is 78.1 Å². The van der Waals surface area contributed by atoms with E-state index in [1.54, 1.807) is 24.3 Å². The molecule has 0 atom stereocenters. The van der Waals surface area contributed by atoms with Gasteiger partial charge in [0.1, 0.15) is 11.5 Å². The summed E-state index contributed by atoms with van der Waals surface area (Å²) in [4.78, 5) is 12.5. The van der Waals surface area contributed by atoms with Gasteiger partial charge < -0.3 is 9.84 Å². The highest BCUT2D eigenvalue weighted by atomic mass is 16.5. The van der Waals surface area contributed by atoms with E-state index >= 15 is 0 Å². The minimum absolute atomic E-state index is 0.0243. The molecule has 0 aromatic heterocycles. The van der Waals surface area contributed by atoms with Crippen LogP contribution in [0.15, 0.2) is 42.5 Å². The second-order valence-corrected chi connectivity index (χ2v) is 7.90. The Bertz CT molecular complexity index is 734. The van der Waals surface area contributed by atoms with Gasteiger partial charge in [-0.1, -0.05) is 70.8 Å². The minimum Gasteiger partial charge on any atom is -0.507 e. The number of rotatable bonds is 14. The largest absolute Gasteiger partial charge is 0.507 e. The highest BCUT2D eigenvalue weighted by Gasteiger charge is 2.13. The van der Waals surface area contributed by atoms with Crippen molar-refractivity contribution in [1.82, 2.24) is 0 Å². The van der Waals surface area contributed by atoms with Crippen molar-refractivity contribution in [3.63, 3.8) is 0 Å². The predicted molar refractivity (Wildman–Crippen MR) is 120 cm³/mol. The van der Waals surface area contributed by atoms with Gasteiger partial charge in [0.15, 0.2) is 5.78 Å². The zero-order valence-electron chi connectivity index (χ0n) is 18.1. The Labute approximate surface area is 176 Å². The highest BCUT2D eigenvalue weighted by Crippen LogP contribution is 2.23. The second-order valence-electron chi connectivity index (χ2n) is 7.90. The molecule has 0 amide bonds. The molecule has 0 spiro atoms.